The van der Waals surface area contributed by atoms with Gasteiger partial charge in [-0.25, -0.2) is 0 Å². The summed E-state index contributed by atoms with van der Waals surface area (Å²) in [6.07, 6.45) is 1.74. The number of ether oxygens (including phenoxy) is 1. The third-order valence-electron chi connectivity index (χ3n) is 4.17. The van der Waals surface area contributed by atoms with Crippen LogP contribution in [-0.2, 0) is 0 Å². The molecular weight excluding hydrogens is 386 g/mol. The molecule has 2 amide bonds. The number of nitrogens with one attached hydrogen (secondary N) is 3. The Kier molecular flexibility index (Phi) is 8.61. The standard InChI is InChI=1S/C22H27N3O3S/c1-4-12-28-19-11-7-9-17(14-19)21(27)25-22(29)24-18-10-6-8-16(13-18)20(26)23-15(3)5-2/h6-11,13-15H,4-5,12H2,1-3H3,(H,23,26)(H2,24,25,27,29). The molecular formula is C22H27N3O3S. The molecule has 1 unspecified atom stereocenters. The zero-order chi connectivity index (χ0) is 21.2. The smallest absolute Gasteiger partial charge is 0.257 e. The van der Waals surface area contributed by atoms with Gasteiger partial charge >= 0.3 is 0 Å². The summed E-state index contributed by atoms with van der Waals surface area (Å²) in [4.78, 5) is 24.7. The topological polar surface area (TPSA) is 79.5 Å². The Bertz CT molecular complexity index is 870. The molecule has 2 aromatic carbocycles. The number of hydrogen-bond acceptors (Lipinski definition) is 4. The first-order chi connectivity index (χ1) is 13.9. The van der Waals surface area contributed by atoms with Crippen molar-refractivity contribution in [2.24, 2.45) is 0 Å². The van der Waals surface area contributed by atoms with Gasteiger partial charge in [0.25, 0.3) is 11.8 Å². The number of carbonyl (C=O) groups is 2. The Labute approximate surface area is 177 Å². The van der Waals surface area contributed by atoms with Crippen molar-refractivity contribution in [2.75, 3.05) is 11.9 Å². The average molecular weight is 414 g/mol. The van der Waals surface area contributed by atoms with E-state index >= 15 is 0 Å². The van der Waals surface area contributed by atoms with Crippen LogP contribution in [0.3, 0.4) is 0 Å². The van der Waals surface area contributed by atoms with Gasteiger partial charge in [0, 0.05) is 22.9 Å². The number of hydrogen-bond donors (Lipinski definition) is 3. The van der Waals surface area contributed by atoms with Gasteiger partial charge in [-0.1, -0.05) is 26.0 Å². The Balaban J connectivity index is 1.97. The minimum absolute atomic E-state index is 0.0940. The number of carbonyl (C=O) groups excluding carboxylic acids is 2. The van der Waals surface area contributed by atoms with E-state index in [0.29, 0.717) is 29.2 Å². The van der Waals surface area contributed by atoms with Crippen molar-refractivity contribution in [3.05, 3.63) is 59.7 Å². The van der Waals surface area contributed by atoms with Gasteiger partial charge in [0.15, 0.2) is 5.11 Å². The quantitative estimate of drug-likeness (QED) is 0.567. The summed E-state index contributed by atoms with van der Waals surface area (Å²) >= 11 is 5.24. The third kappa shape index (κ3) is 7.19. The van der Waals surface area contributed by atoms with Crippen molar-refractivity contribution in [3.8, 4) is 5.75 Å². The van der Waals surface area contributed by atoms with Crippen LogP contribution in [0.1, 0.15) is 54.3 Å². The van der Waals surface area contributed by atoms with E-state index in [-0.39, 0.29) is 23.0 Å². The highest BCUT2D eigenvalue weighted by atomic mass is 32.1. The molecule has 0 aliphatic rings. The van der Waals surface area contributed by atoms with Gasteiger partial charge in [0.2, 0.25) is 0 Å². The van der Waals surface area contributed by atoms with Gasteiger partial charge < -0.3 is 15.4 Å². The molecule has 1 atom stereocenters. The summed E-state index contributed by atoms with van der Waals surface area (Å²) in [5, 5.41) is 8.65. The molecule has 2 aromatic rings. The summed E-state index contributed by atoms with van der Waals surface area (Å²) < 4.78 is 5.55. The van der Waals surface area contributed by atoms with Crippen LogP contribution in [0.4, 0.5) is 5.69 Å². The molecule has 0 heterocycles. The molecule has 0 aliphatic carbocycles. The highest BCUT2D eigenvalue weighted by Crippen LogP contribution is 2.14. The molecule has 6 nitrogen and oxygen atoms in total. The number of anilines is 1. The zero-order valence-electron chi connectivity index (χ0n) is 17.0. The Morgan fingerprint density at radius 3 is 2.41 bits per heavy atom. The van der Waals surface area contributed by atoms with Gasteiger partial charge in [-0.15, -0.1) is 0 Å². The molecule has 0 bridgehead atoms. The van der Waals surface area contributed by atoms with Crippen molar-refractivity contribution in [2.45, 2.75) is 39.7 Å². The number of rotatable bonds is 8. The Morgan fingerprint density at radius 1 is 1.03 bits per heavy atom. The lowest BCUT2D eigenvalue weighted by molar-refractivity contribution is 0.0937. The van der Waals surface area contributed by atoms with Crippen LogP contribution in [0.15, 0.2) is 48.5 Å². The lowest BCUT2D eigenvalue weighted by atomic mass is 10.1. The SMILES string of the molecule is CCCOc1cccc(C(=O)NC(=S)Nc2cccc(C(=O)NC(C)CC)c2)c1. The summed E-state index contributed by atoms with van der Waals surface area (Å²) in [5.74, 6) is 0.148. The van der Waals surface area contributed by atoms with Crippen LogP contribution in [0.5, 0.6) is 5.75 Å². The van der Waals surface area contributed by atoms with E-state index in [0.717, 1.165) is 12.8 Å². The van der Waals surface area contributed by atoms with Crippen LogP contribution in [0.2, 0.25) is 0 Å². The molecule has 3 N–H and O–H groups in total. The number of amides is 2. The largest absolute Gasteiger partial charge is 0.494 e. The minimum Gasteiger partial charge on any atom is -0.494 e. The van der Waals surface area contributed by atoms with Gasteiger partial charge in [-0.05, 0) is 68.4 Å². The van der Waals surface area contributed by atoms with Crippen LogP contribution >= 0.6 is 12.2 Å². The molecule has 154 valence electrons. The van der Waals surface area contributed by atoms with E-state index in [2.05, 4.69) is 16.0 Å². The fourth-order valence-corrected chi connectivity index (χ4v) is 2.64. The molecule has 0 aromatic heterocycles. The summed E-state index contributed by atoms with van der Waals surface area (Å²) in [6.45, 7) is 6.57. The second-order valence-electron chi connectivity index (χ2n) is 6.65. The first-order valence-electron chi connectivity index (χ1n) is 9.69. The third-order valence-corrected chi connectivity index (χ3v) is 4.37. The first kappa shape index (κ1) is 22.4. The maximum Gasteiger partial charge on any atom is 0.257 e. The van der Waals surface area contributed by atoms with Crippen LogP contribution in [0, 0.1) is 0 Å². The predicted octanol–water partition coefficient (Wildman–Crippen LogP) is 4.13. The molecule has 0 saturated carbocycles. The van der Waals surface area contributed by atoms with Crippen LogP contribution in [-0.4, -0.2) is 29.6 Å². The lowest BCUT2D eigenvalue weighted by Gasteiger charge is -2.13. The van der Waals surface area contributed by atoms with Crippen molar-refractivity contribution < 1.29 is 14.3 Å². The van der Waals surface area contributed by atoms with Crippen molar-refractivity contribution >= 4 is 34.8 Å². The zero-order valence-corrected chi connectivity index (χ0v) is 17.8. The van der Waals surface area contributed by atoms with E-state index in [1.807, 2.05) is 20.8 Å². The van der Waals surface area contributed by atoms with E-state index < -0.39 is 0 Å². The number of thiocarbonyl (C=S) groups is 1. The van der Waals surface area contributed by atoms with Gasteiger partial charge in [-0.3, -0.25) is 14.9 Å². The fourth-order valence-electron chi connectivity index (χ4n) is 2.43. The molecule has 0 aliphatic heterocycles. The second-order valence-corrected chi connectivity index (χ2v) is 7.06. The van der Waals surface area contributed by atoms with E-state index in [9.17, 15) is 9.59 Å². The maximum atomic E-state index is 12.4. The predicted molar refractivity (Wildman–Crippen MR) is 120 cm³/mol. The molecule has 0 radical (unpaired) electrons. The van der Waals surface area contributed by atoms with E-state index in [1.165, 1.54) is 0 Å². The fraction of sp³-hybridized carbons (Fsp3) is 0.318. The molecule has 2 rings (SSSR count). The van der Waals surface area contributed by atoms with E-state index in [4.69, 9.17) is 17.0 Å². The van der Waals surface area contributed by atoms with Crippen LogP contribution in [0.25, 0.3) is 0 Å². The summed E-state index contributed by atoms with van der Waals surface area (Å²) in [6, 6.07) is 14.0. The molecule has 7 heteroatoms. The molecule has 0 saturated heterocycles. The molecule has 0 fully saturated rings. The first-order valence-corrected chi connectivity index (χ1v) is 10.1. The monoisotopic (exact) mass is 413 g/mol. The van der Waals surface area contributed by atoms with Crippen molar-refractivity contribution in [1.29, 1.82) is 0 Å². The Hall–Kier alpha value is -2.93. The van der Waals surface area contributed by atoms with Crippen LogP contribution < -0.4 is 20.7 Å². The second kappa shape index (κ2) is 11.2. The minimum atomic E-state index is -0.338. The average Bonchev–Trinajstić information content (AvgIpc) is 2.72. The number of benzene rings is 2. The Morgan fingerprint density at radius 2 is 1.72 bits per heavy atom. The normalized spacial score (nSPS) is 11.3. The highest BCUT2D eigenvalue weighted by molar-refractivity contribution is 7.80. The van der Waals surface area contributed by atoms with Gasteiger partial charge in [-0.2, -0.15) is 0 Å². The molecule has 0 spiro atoms. The highest BCUT2D eigenvalue weighted by Gasteiger charge is 2.11. The van der Waals surface area contributed by atoms with E-state index in [1.54, 1.807) is 48.5 Å². The van der Waals surface area contributed by atoms with Crippen molar-refractivity contribution in [3.63, 3.8) is 0 Å². The van der Waals surface area contributed by atoms with Gasteiger partial charge in [0.1, 0.15) is 5.75 Å². The maximum absolute atomic E-state index is 12.4. The summed E-state index contributed by atoms with van der Waals surface area (Å²) in [7, 11) is 0. The molecule has 29 heavy (non-hydrogen) atoms. The summed E-state index contributed by atoms with van der Waals surface area (Å²) in [5.41, 5.74) is 1.58. The van der Waals surface area contributed by atoms with Crippen molar-refractivity contribution in [1.82, 2.24) is 10.6 Å². The lowest BCUT2D eigenvalue weighted by Crippen LogP contribution is -2.34. The van der Waals surface area contributed by atoms with Gasteiger partial charge in [0.05, 0.1) is 6.61 Å².